The molecule has 152 valence electrons. The Morgan fingerprint density at radius 1 is 0.931 bits per heavy atom. The van der Waals surface area contributed by atoms with Crippen molar-refractivity contribution in [3.8, 4) is 0 Å². The van der Waals surface area contributed by atoms with E-state index in [1.807, 2.05) is 31.2 Å². The molecule has 2 rings (SSSR count). The third-order valence-corrected chi connectivity index (χ3v) is 4.51. The van der Waals surface area contributed by atoms with Crippen LogP contribution in [0.1, 0.15) is 25.0 Å². The van der Waals surface area contributed by atoms with Gasteiger partial charge in [-0.25, -0.2) is 0 Å². The average Bonchev–Trinajstić information content (AvgIpc) is 2.69. The molecule has 2 aromatic carbocycles. The van der Waals surface area contributed by atoms with Gasteiger partial charge in [0.2, 0.25) is 5.91 Å². The number of rotatable bonds is 6. The van der Waals surface area contributed by atoms with E-state index >= 15 is 0 Å². The van der Waals surface area contributed by atoms with Gasteiger partial charge in [-0.1, -0.05) is 42.8 Å². The third-order valence-electron chi connectivity index (χ3n) is 4.10. The molecule has 0 aliphatic rings. The fourth-order valence-corrected chi connectivity index (χ4v) is 2.66. The molecule has 0 fully saturated rings. The van der Waals surface area contributed by atoms with Crippen LogP contribution in [0.4, 0.5) is 11.4 Å². The molecule has 0 heterocycles. The van der Waals surface area contributed by atoms with E-state index in [-0.39, 0.29) is 5.91 Å². The van der Waals surface area contributed by atoms with E-state index in [0.717, 1.165) is 17.7 Å². The molecule has 4 N–H and O–H groups in total. The smallest absolute Gasteiger partial charge is 0.322 e. The van der Waals surface area contributed by atoms with E-state index in [9.17, 15) is 14.4 Å². The van der Waals surface area contributed by atoms with Gasteiger partial charge in [-0.2, -0.15) is 0 Å². The first kappa shape index (κ1) is 22.0. The van der Waals surface area contributed by atoms with Crippen molar-refractivity contribution in [1.29, 1.82) is 0 Å². The Kier molecular flexibility index (Phi) is 7.79. The number of hydrogen-bond acceptors (Lipinski definition) is 4. The number of benzene rings is 2. The maximum Gasteiger partial charge on any atom is 0.327 e. The zero-order valence-corrected chi connectivity index (χ0v) is 17.2. The number of anilines is 2. The van der Waals surface area contributed by atoms with Crippen LogP contribution in [0.15, 0.2) is 54.2 Å². The second kappa shape index (κ2) is 10.3. The van der Waals surface area contributed by atoms with Crippen molar-refractivity contribution in [1.82, 2.24) is 10.9 Å². The number of nitrogens with one attached hydrogen (secondary N) is 4. The number of halogens is 1. The first-order valence-electron chi connectivity index (χ1n) is 9.01. The predicted octanol–water partition coefficient (Wildman–Crippen LogP) is 3.31. The molecule has 0 saturated heterocycles. The lowest BCUT2D eigenvalue weighted by molar-refractivity contribution is -0.136. The number of hydrogen-bond donors (Lipinski definition) is 4. The number of hydrazine groups is 1. The lowest BCUT2D eigenvalue weighted by atomic mass is 10.1. The third kappa shape index (κ3) is 6.36. The summed E-state index contributed by atoms with van der Waals surface area (Å²) in [4.78, 5) is 36.1. The van der Waals surface area contributed by atoms with Gasteiger partial charge in [0.1, 0.15) is 0 Å². The zero-order valence-electron chi connectivity index (χ0n) is 16.4. The predicted molar refractivity (Wildman–Crippen MR) is 114 cm³/mol. The second-order valence-corrected chi connectivity index (χ2v) is 6.68. The highest BCUT2D eigenvalue weighted by Gasteiger charge is 2.15. The summed E-state index contributed by atoms with van der Waals surface area (Å²) in [6, 6.07) is 12.5. The lowest BCUT2D eigenvalue weighted by Gasteiger charge is -2.11. The van der Waals surface area contributed by atoms with Crippen LogP contribution < -0.4 is 21.5 Å². The maximum absolute atomic E-state index is 12.1. The molecular formula is C21H23ClN4O3. The molecule has 0 saturated carbocycles. The van der Waals surface area contributed by atoms with Crippen molar-refractivity contribution in [2.24, 2.45) is 0 Å². The quantitative estimate of drug-likeness (QED) is 0.331. The maximum atomic E-state index is 12.1. The van der Waals surface area contributed by atoms with Crippen LogP contribution in [0.2, 0.25) is 5.02 Å². The van der Waals surface area contributed by atoms with E-state index < -0.39 is 11.8 Å². The molecule has 0 aromatic heterocycles. The van der Waals surface area contributed by atoms with Crippen LogP contribution >= 0.6 is 11.6 Å². The standard InChI is InChI=1S/C21H23ClN4O3/c1-4-15-8-5-6-10-18(15)23-19(27)12-13(2)25-26-21(29)20(28)24-17-11-7-9-16(22)14(17)3/h5-12,25H,4H2,1-3H3,(H,23,27)(H,24,28)(H,26,29). The highest BCUT2D eigenvalue weighted by molar-refractivity contribution is 6.40. The minimum absolute atomic E-state index is 0.357. The van der Waals surface area contributed by atoms with Crippen LogP contribution in [-0.2, 0) is 20.8 Å². The molecule has 8 heteroatoms. The second-order valence-electron chi connectivity index (χ2n) is 6.27. The van der Waals surface area contributed by atoms with Crippen molar-refractivity contribution >= 4 is 40.7 Å². The zero-order chi connectivity index (χ0) is 21.4. The highest BCUT2D eigenvalue weighted by atomic mass is 35.5. The topological polar surface area (TPSA) is 99.3 Å². The molecule has 0 spiro atoms. The molecule has 0 bridgehead atoms. The first-order valence-corrected chi connectivity index (χ1v) is 9.39. The molecule has 2 aromatic rings. The molecule has 3 amide bonds. The monoisotopic (exact) mass is 414 g/mol. The molecule has 29 heavy (non-hydrogen) atoms. The van der Waals surface area contributed by atoms with Crippen LogP contribution in [0.3, 0.4) is 0 Å². The minimum Gasteiger partial charge on any atom is -0.322 e. The Labute approximate surface area is 174 Å². The van der Waals surface area contributed by atoms with E-state index in [4.69, 9.17) is 11.6 Å². The van der Waals surface area contributed by atoms with Crippen molar-refractivity contribution in [2.45, 2.75) is 27.2 Å². The number of aryl methyl sites for hydroxylation is 1. The highest BCUT2D eigenvalue weighted by Crippen LogP contribution is 2.22. The number of carbonyl (C=O) groups excluding carboxylic acids is 3. The SMILES string of the molecule is CCc1ccccc1NC(=O)C=C(C)NNC(=O)C(=O)Nc1cccc(Cl)c1C. The number of carbonyl (C=O) groups is 3. The van der Waals surface area contributed by atoms with Gasteiger partial charge in [-0.05, 0) is 49.6 Å². The Morgan fingerprint density at radius 3 is 2.34 bits per heavy atom. The summed E-state index contributed by atoms with van der Waals surface area (Å²) in [5, 5.41) is 5.76. The van der Waals surface area contributed by atoms with E-state index in [2.05, 4.69) is 21.5 Å². The molecule has 0 radical (unpaired) electrons. The molecule has 0 atom stereocenters. The normalized spacial score (nSPS) is 10.8. The Morgan fingerprint density at radius 2 is 1.62 bits per heavy atom. The largest absolute Gasteiger partial charge is 0.327 e. The van der Waals surface area contributed by atoms with Gasteiger partial charge in [-0.15, -0.1) is 0 Å². The van der Waals surface area contributed by atoms with E-state index in [1.165, 1.54) is 6.08 Å². The summed E-state index contributed by atoms with van der Waals surface area (Å²) in [7, 11) is 0. The lowest BCUT2D eigenvalue weighted by Crippen LogP contribution is -2.43. The molecule has 0 aliphatic carbocycles. The summed E-state index contributed by atoms with van der Waals surface area (Å²) >= 11 is 6.00. The summed E-state index contributed by atoms with van der Waals surface area (Å²) in [6.45, 7) is 5.32. The van der Waals surface area contributed by atoms with Gasteiger partial charge >= 0.3 is 11.8 Å². The number of amides is 3. The van der Waals surface area contributed by atoms with Crippen molar-refractivity contribution in [2.75, 3.05) is 10.6 Å². The first-order chi connectivity index (χ1) is 13.8. The van der Waals surface area contributed by atoms with Gasteiger partial charge in [0.25, 0.3) is 0 Å². The summed E-state index contributed by atoms with van der Waals surface area (Å²) in [5.74, 6) is -2.13. The molecular weight excluding hydrogens is 392 g/mol. The van der Waals surface area contributed by atoms with Crippen molar-refractivity contribution in [3.05, 3.63) is 70.4 Å². The van der Waals surface area contributed by atoms with Crippen LogP contribution in [0, 0.1) is 6.92 Å². The molecule has 0 unspecified atom stereocenters. The minimum atomic E-state index is -0.908. The van der Waals surface area contributed by atoms with E-state index in [1.54, 1.807) is 32.0 Å². The average molecular weight is 415 g/mol. The Hall–Kier alpha value is -3.32. The Bertz CT molecular complexity index is 957. The van der Waals surface area contributed by atoms with Gasteiger partial charge < -0.3 is 16.1 Å². The van der Waals surface area contributed by atoms with Crippen molar-refractivity contribution in [3.63, 3.8) is 0 Å². The van der Waals surface area contributed by atoms with Crippen molar-refractivity contribution < 1.29 is 14.4 Å². The fourth-order valence-electron chi connectivity index (χ4n) is 2.49. The Balaban J connectivity index is 1.89. The van der Waals surface area contributed by atoms with Gasteiger partial charge in [0.15, 0.2) is 0 Å². The van der Waals surface area contributed by atoms with Crippen LogP contribution in [0.5, 0.6) is 0 Å². The fraction of sp³-hybridized carbons (Fsp3) is 0.190. The summed E-state index contributed by atoms with van der Waals surface area (Å²) in [6.07, 6.45) is 2.07. The van der Waals surface area contributed by atoms with Gasteiger partial charge in [0.05, 0.1) is 0 Å². The van der Waals surface area contributed by atoms with Crippen LogP contribution in [-0.4, -0.2) is 17.7 Å². The summed E-state index contributed by atoms with van der Waals surface area (Å²) < 4.78 is 0. The van der Waals surface area contributed by atoms with E-state index in [0.29, 0.717) is 22.0 Å². The van der Waals surface area contributed by atoms with Gasteiger partial charge in [0, 0.05) is 28.2 Å². The molecule has 0 aliphatic heterocycles. The number of allylic oxidation sites excluding steroid dienone is 1. The number of para-hydroxylation sites is 1. The van der Waals surface area contributed by atoms with Crippen LogP contribution in [0.25, 0.3) is 0 Å². The van der Waals surface area contributed by atoms with Gasteiger partial charge in [-0.3, -0.25) is 19.8 Å². The molecule has 7 nitrogen and oxygen atoms in total. The summed E-state index contributed by atoms with van der Waals surface area (Å²) in [5.41, 5.74) is 7.98.